The molecule has 0 saturated heterocycles. The van der Waals surface area contributed by atoms with E-state index >= 15 is 0 Å². The summed E-state index contributed by atoms with van der Waals surface area (Å²) < 4.78 is 30.9. The van der Waals surface area contributed by atoms with Gasteiger partial charge in [0.25, 0.3) is 5.56 Å². The minimum absolute atomic E-state index is 0.0784. The summed E-state index contributed by atoms with van der Waals surface area (Å²) in [6.45, 7) is -2.90. The van der Waals surface area contributed by atoms with Gasteiger partial charge in [0.1, 0.15) is 10.5 Å². The lowest BCUT2D eigenvalue weighted by atomic mass is 10.2. The van der Waals surface area contributed by atoms with E-state index in [0.717, 1.165) is 25.1 Å². The van der Waals surface area contributed by atoms with Crippen molar-refractivity contribution >= 4 is 33.3 Å². The van der Waals surface area contributed by atoms with Gasteiger partial charge in [-0.15, -0.1) is 11.3 Å². The van der Waals surface area contributed by atoms with Crippen LogP contribution in [-0.4, -0.2) is 43.2 Å². The Morgan fingerprint density at radius 3 is 2.55 bits per heavy atom. The molecule has 1 aliphatic rings. The van der Waals surface area contributed by atoms with Crippen LogP contribution >= 0.6 is 11.3 Å². The van der Waals surface area contributed by atoms with Gasteiger partial charge in [0.2, 0.25) is 5.95 Å². The molecule has 0 aromatic carbocycles. The van der Waals surface area contributed by atoms with Crippen molar-refractivity contribution < 1.29 is 13.5 Å². The maximum atomic E-state index is 12.6. The second kappa shape index (κ2) is 9.06. The number of nitrogens with one attached hydrogen (secondary N) is 2. The van der Waals surface area contributed by atoms with Crippen molar-refractivity contribution in [2.75, 3.05) is 10.6 Å². The molecule has 0 unspecified atom stereocenters. The highest BCUT2D eigenvalue weighted by Gasteiger charge is 2.25. The fourth-order valence-corrected chi connectivity index (χ4v) is 4.58. The van der Waals surface area contributed by atoms with E-state index in [1.165, 1.54) is 23.7 Å². The summed E-state index contributed by atoms with van der Waals surface area (Å²) >= 11 is 1.32. The molecule has 2 N–H and O–H groups in total. The Labute approximate surface area is 190 Å². The highest BCUT2D eigenvalue weighted by molar-refractivity contribution is 7.16. The van der Waals surface area contributed by atoms with Gasteiger partial charge in [0.05, 0.1) is 35.3 Å². The van der Waals surface area contributed by atoms with E-state index in [9.17, 15) is 13.6 Å². The van der Waals surface area contributed by atoms with E-state index in [1.807, 2.05) is 18.2 Å². The Morgan fingerprint density at radius 2 is 1.82 bits per heavy atom. The van der Waals surface area contributed by atoms with E-state index in [-0.39, 0.29) is 23.4 Å². The lowest BCUT2D eigenvalue weighted by Crippen LogP contribution is -2.22. The second-order valence-corrected chi connectivity index (χ2v) is 8.43. The standard InChI is InChI=1S/C21H19F2N7O2S/c22-20(23)32-15-9-25-21(26-10-15)29-13-2-1-12(7-13)28-17-4-3-14(8-24-17)30-6-5-16-18(19(30)31)33-11-27-16/h3-6,8-13,20H,1-2,7H2,(H,24,28)(H,25,26,29)/t12-,13-/m0/s1. The smallest absolute Gasteiger partial charge is 0.387 e. The maximum absolute atomic E-state index is 12.6. The Morgan fingerprint density at radius 1 is 1.03 bits per heavy atom. The molecule has 12 heteroatoms. The largest absolute Gasteiger partial charge is 0.432 e. The summed E-state index contributed by atoms with van der Waals surface area (Å²) in [5, 5.41) is 6.63. The number of hydrogen-bond donors (Lipinski definition) is 2. The molecule has 33 heavy (non-hydrogen) atoms. The first-order valence-electron chi connectivity index (χ1n) is 10.3. The summed E-state index contributed by atoms with van der Waals surface area (Å²) in [5.74, 6) is 1.01. The van der Waals surface area contributed by atoms with Gasteiger partial charge in [0.15, 0.2) is 5.75 Å². The molecule has 1 fully saturated rings. The van der Waals surface area contributed by atoms with Crippen LogP contribution in [-0.2, 0) is 0 Å². The first-order chi connectivity index (χ1) is 16.0. The zero-order valence-electron chi connectivity index (χ0n) is 17.2. The van der Waals surface area contributed by atoms with Crippen LogP contribution in [0.3, 0.4) is 0 Å². The van der Waals surface area contributed by atoms with Crippen molar-refractivity contribution in [2.24, 2.45) is 0 Å². The van der Waals surface area contributed by atoms with Crippen LogP contribution in [0.25, 0.3) is 15.9 Å². The van der Waals surface area contributed by atoms with Crippen LogP contribution in [0, 0.1) is 0 Å². The number of halogens is 2. The second-order valence-electron chi connectivity index (χ2n) is 7.58. The van der Waals surface area contributed by atoms with Crippen LogP contribution < -0.4 is 20.9 Å². The van der Waals surface area contributed by atoms with Crippen molar-refractivity contribution in [3.63, 3.8) is 0 Å². The Bertz CT molecular complexity index is 1290. The van der Waals surface area contributed by atoms with Crippen molar-refractivity contribution in [1.82, 2.24) is 24.5 Å². The molecule has 0 aliphatic heterocycles. The Balaban J connectivity index is 1.18. The quantitative estimate of drug-likeness (QED) is 0.420. The normalized spacial score (nSPS) is 18.0. The van der Waals surface area contributed by atoms with Gasteiger partial charge in [0, 0.05) is 18.3 Å². The molecule has 1 saturated carbocycles. The molecule has 0 radical (unpaired) electrons. The summed E-state index contributed by atoms with van der Waals surface area (Å²) in [4.78, 5) is 29.3. The first kappa shape index (κ1) is 21.2. The van der Waals surface area contributed by atoms with Crippen LogP contribution in [0.1, 0.15) is 19.3 Å². The summed E-state index contributed by atoms with van der Waals surface area (Å²) in [5.41, 5.74) is 2.93. The number of hydrogen-bond acceptors (Lipinski definition) is 9. The number of nitrogens with zero attached hydrogens (tertiary/aromatic N) is 5. The average Bonchev–Trinajstić information content (AvgIpc) is 3.46. The van der Waals surface area contributed by atoms with Crippen LogP contribution in [0.15, 0.2) is 53.3 Å². The molecule has 0 bridgehead atoms. The van der Waals surface area contributed by atoms with Gasteiger partial charge >= 0.3 is 6.61 Å². The molecule has 170 valence electrons. The minimum atomic E-state index is -2.90. The summed E-state index contributed by atoms with van der Waals surface area (Å²) in [7, 11) is 0. The van der Waals surface area contributed by atoms with Gasteiger partial charge in [-0.05, 0) is 37.5 Å². The number of thiazole rings is 1. The third kappa shape index (κ3) is 4.75. The average molecular weight is 471 g/mol. The number of alkyl halides is 2. The predicted molar refractivity (Wildman–Crippen MR) is 120 cm³/mol. The lowest BCUT2D eigenvalue weighted by molar-refractivity contribution is -0.0503. The fraction of sp³-hybridized carbons (Fsp3) is 0.286. The third-order valence-electron chi connectivity index (χ3n) is 5.39. The first-order valence-corrected chi connectivity index (χ1v) is 11.1. The minimum Gasteiger partial charge on any atom is -0.432 e. The van der Waals surface area contributed by atoms with Crippen LogP contribution in [0.2, 0.25) is 0 Å². The molecule has 4 heterocycles. The van der Waals surface area contributed by atoms with Crippen molar-refractivity contribution in [3.8, 4) is 11.4 Å². The lowest BCUT2D eigenvalue weighted by Gasteiger charge is -2.15. The van der Waals surface area contributed by atoms with Gasteiger partial charge in [-0.1, -0.05) is 0 Å². The molecule has 9 nitrogen and oxygen atoms in total. The van der Waals surface area contributed by atoms with E-state index in [2.05, 4.69) is 35.3 Å². The van der Waals surface area contributed by atoms with Gasteiger partial charge < -0.3 is 15.4 Å². The van der Waals surface area contributed by atoms with E-state index in [1.54, 1.807) is 22.5 Å². The number of aromatic nitrogens is 5. The number of anilines is 2. The van der Waals surface area contributed by atoms with Crippen LogP contribution in [0.5, 0.6) is 5.75 Å². The number of rotatable bonds is 7. The number of pyridine rings is 2. The summed E-state index contributed by atoms with van der Waals surface area (Å²) in [6.07, 6.45) is 8.46. The SMILES string of the molecule is O=c1c2scnc2ccn1-c1ccc(N[C@H]2CC[C@H](Nc3ncc(OC(F)F)cn3)C2)nc1. The Hall–Kier alpha value is -3.67. The van der Waals surface area contributed by atoms with Crippen molar-refractivity contribution in [2.45, 2.75) is 38.0 Å². The number of ether oxygens (including phenoxy) is 1. The molecule has 5 rings (SSSR count). The number of fused-ring (bicyclic) bond motifs is 1. The zero-order chi connectivity index (χ0) is 22.8. The zero-order valence-corrected chi connectivity index (χ0v) is 18.0. The molecule has 4 aromatic heterocycles. The topological polar surface area (TPSA) is 107 Å². The predicted octanol–water partition coefficient (Wildman–Crippen LogP) is 3.68. The summed E-state index contributed by atoms with van der Waals surface area (Å²) in [6, 6.07) is 5.87. The highest BCUT2D eigenvalue weighted by atomic mass is 32.1. The maximum Gasteiger partial charge on any atom is 0.387 e. The van der Waals surface area contributed by atoms with Crippen molar-refractivity contribution in [3.05, 3.63) is 58.9 Å². The molecule has 1 aliphatic carbocycles. The molecule has 4 aromatic rings. The molecule has 0 spiro atoms. The molecular formula is C21H19F2N7O2S. The van der Waals surface area contributed by atoms with Gasteiger partial charge in [-0.3, -0.25) is 9.36 Å². The van der Waals surface area contributed by atoms with Gasteiger partial charge in [-0.2, -0.15) is 8.78 Å². The fourth-order valence-electron chi connectivity index (χ4n) is 3.86. The van der Waals surface area contributed by atoms with E-state index < -0.39 is 6.61 Å². The molecular weight excluding hydrogens is 452 g/mol. The monoisotopic (exact) mass is 471 g/mol. The van der Waals surface area contributed by atoms with E-state index in [4.69, 9.17) is 0 Å². The van der Waals surface area contributed by atoms with Gasteiger partial charge in [-0.25, -0.2) is 19.9 Å². The van der Waals surface area contributed by atoms with E-state index in [0.29, 0.717) is 21.9 Å². The Kier molecular flexibility index (Phi) is 5.82. The molecule has 0 amide bonds. The van der Waals surface area contributed by atoms with Crippen molar-refractivity contribution in [1.29, 1.82) is 0 Å². The van der Waals surface area contributed by atoms with Crippen LogP contribution in [0.4, 0.5) is 20.5 Å². The molecule has 2 atom stereocenters. The highest BCUT2D eigenvalue weighted by Crippen LogP contribution is 2.25. The third-order valence-corrected chi connectivity index (χ3v) is 6.22.